The second-order valence-electron chi connectivity index (χ2n) is 3.84. The Kier molecular flexibility index (Phi) is 2.78. The van der Waals surface area contributed by atoms with Gasteiger partial charge in [-0.15, -0.1) is 0 Å². The summed E-state index contributed by atoms with van der Waals surface area (Å²) in [5.41, 5.74) is 7.17. The van der Waals surface area contributed by atoms with E-state index in [2.05, 4.69) is 4.98 Å². The summed E-state index contributed by atoms with van der Waals surface area (Å²) in [5.74, 6) is -0.320. The normalized spacial score (nSPS) is 12.8. The van der Waals surface area contributed by atoms with Gasteiger partial charge in [0.2, 0.25) is 5.91 Å². The number of rotatable bonds is 3. The zero-order chi connectivity index (χ0) is 11.7. The third kappa shape index (κ3) is 1.86. The van der Waals surface area contributed by atoms with E-state index in [1.54, 1.807) is 0 Å². The van der Waals surface area contributed by atoms with E-state index in [4.69, 9.17) is 18.0 Å². The van der Waals surface area contributed by atoms with Gasteiger partial charge in [0.1, 0.15) is 0 Å². The van der Waals surface area contributed by atoms with Crippen LogP contribution >= 0.6 is 12.2 Å². The van der Waals surface area contributed by atoms with E-state index in [1.807, 2.05) is 35.8 Å². The zero-order valence-electron chi connectivity index (χ0n) is 8.93. The molecule has 5 heteroatoms. The van der Waals surface area contributed by atoms with E-state index in [-0.39, 0.29) is 18.4 Å². The lowest BCUT2D eigenvalue weighted by atomic mass is 10.2. The van der Waals surface area contributed by atoms with Crippen LogP contribution in [0.3, 0.4) is 0 Å². The number of H-pyrrole nitrogens is 1. The number of benzene rings is 1. The molecule has 1 unspecified atom stereocenters. The quantitative estimate of drug-likeness (QED) is 0.800. The molecule has 0 aliphatic heterocycles. The zero-order valence-corrected chi connectivity index (χ0v) is 9.75. The first kappa shape index (κ1) is 10.9. The maximum Gasteiger partial charge on any atom is 0.219 e. The predicted molar refractivity (Wildman–Crippen MR) is 65.6 cm³/mol. The topological polar surface area (TPSA) is 63.8 Å². The number of primary amides is 1. The molecule has 0 saturated heterocycles. The average molecular weight is 235 g/mol. The summed E-state index contributed by atoms with van der Waals surface area (Å²) in [7, 11) is 0. The average Bonchev–Trinajstić information content (AvgIpc) is 2.52. The molecular formula is C11H13N3OS. The summed E-state index contributed by atoms with van der Waals surface area (Å²) < 4.78 is 2.55. The largest absolute Gasteiger partial charge is 0.370 e. The van der Waals surface area contributed by atoms with Gasteiger partial charge in [-0.25, -0.2) is 0 Å². The standard InChI is InChI=1S/C11H13N3OS/c1-7(6-10(12)15)14-9-5-3-2-4-8(9)13-11(14)16/h2-5,7H,6H2,1H3,(H2,12,15)(H,13,16). The second kappa shape index (κ2) is 4.09. The third-order valence-corrected chi connectivity index (χ3v) is 2.86. The molecule has 16 heavy (non-hydrogen) atoms. The smallest absolute Gasteiger partial charge is 0.219 e. The van der Waals surface area contributed by atoms with Crippen LogP contribution < -0.4 is 5.73 Å². The van der Waals surface area contributed by atoms with E-state index in [0.717, 1.165) is 11.0 Å². The van der Waals surface area contributed by atoms with Gasteiger partial charge in [-0.1, -0.05) is 12.1 Å². The number of hydrogen-bond acceptors (Lipinski definition) is 2. The Morgan fingerprint density at radius 2 is 2.25 bits per heavy atom. The summed E-state index contributed by atoms with van der Waals surface area (Å²) in [6, 6.07) is 7.79. The highest BCUT2D eigenvalue weighted by Crippen LogP contribution is 2.20. The molecule has 0 fully saturated rings. The van der Waals surface area contributed by atoms with Crippen molar-refractivity contribution < 1.29 is 4.79 Å². The van der Waals surface area contributed by atoms with Gasteiger partial charge in [-0.2, -0.15) is 0 Å². The molecule has 4 nitrogen and oxygen atoms in total. The molecule has 0 spiro atoms. The highest BCUT2D eigenvalue weighted by atomic mass is 32.1. The number of nitrogens with two attached hydrogens (primary N) is 1. The maximum absolute atomic E-state index is 10.9. The molecular weight excluding hydrogens is 222 g/mol. The molecule has 1 aromatic carbocycles. The molecule has 0 radical (unpaired) electrons. The lowest BCUT2D eigenvalue weighted by Gasteiger charge is -2.12. The number of nitrogens with one attached hydrogen (secondary N) is 1. The highest BCUT2D eigenvalue weighted by molar-refractivity contribution is 7.71. The Balaban J connectivity index is 2.55. The van der Waals surface area contributed by atoms with Crippen molar-refractivity contribution >= 4 is 29.2 Å². The fourth-order valence-electron chi connectivity index (χ4n) is 1.89. The lowest BCUT2D eigenvalue weighted by Crippen LogP contribution is -2.17. The van der Waals surface area contributed by atoms with Crippen molar-refractivity contribution in [3.05, 3.63) is 29.0 Å². The van der Waals surface area contributed by atoms with Crippen LogP contribution in [0.1, 0.15) is 19.4 Å². The fraction of sp³-hybridized carbons (Fsp3) is 0.273. The van der Waals surface area contributed by atoms with Crippen molar-refractivity contribution in [2.75, 3.05) is 0 Å². The minimum atomic E-state index is -0.320. The SMILES string of the molecule is CC(CC(N)=O)n1c(=S)[nH]c2ccccc21. The molecule has 1 atom stereocenters. The third-order valence-electron chi connectivity index (χ3n) is 2.56. The monoisotopic (exact) mass is 235 g/mol. The van der Waals surface area contributed by atoms with Crippen molar-refractivity contribution in [3.8, 4) is 0 Å². The van der Waals surface area contributed by atoms with Crippen LogP contribution in [0.4, 0.5) is 0 Å². The minimum Gasteiger partial charge on any atom is -0.370 e. The van der Waals surface area contributed by atoms with Crippen molar-refractivity contribution in [1.82, 2.24) is 9.55 Å². The van der Waals surface area contributed by atoms with Gasteiger partial charge >= 0.3 is 0 Å². The van der Waals surface area contributed by atoms with Gasteiger partial charge in [0.15, 0.2) is 4.77 Å². The van der Waals surface area contributed by atoms with E-state index in [0.29, 0.717) is 4.77 Å². The molecule has 2 aromatic rings. The molecule has 1 heterocycles. The molecule has 0 bridgehead atoms. The summed E-state index contributed by atoms with van der Waals surface area (Å²) in [6.45, 7) is 1.93. The van der Waals surface area contributed by atoms with E-state index >= 15 is 0 Å². The van der Waals surface area contributed by atoms with Crippen molar-refractivity contribution in [2.45, 2.75) is 19.4 Å². The molecule has 3 N–H and O–H groups in total. The number of carbonyl (C=O) groups excluding carboxylic acids is 1. The van der Waals surface area contributed by atoms with Gasteiger partial charge in [0.05, 0.1) is 11.0 Å². The molecule has 2 rings (SSSR count). The summed E-state index contributed by atoms with van der Waals surface area (Å²) in [4.78, 5) is 14.0. The van der Waals surface area contributed by atoms with Gasteiger partial charge in [0, 0.05) is 12.5 Å². The van der Waals surface area contributed by atoms with Gasteiger partial charge in [0.25, 0.3) is 0 Å². The van der Waals surface area contributed by atoms with Crippen LogP contribution in [0.15, 0.2) is 24.3 Å². The molecule has 0 aliphatic carbocycles. The van der Waals surface area contributed by atoms with Crippen LogP contribution in [0, 0.1) is 4.77 Å². The van der Waals surface area contributed by atoms with E-state index in [1.165, 1.54) is 0 Å². The number of imidazole rings is 1. The summed E-state index contributed by atoms with van der Waals surface area (Å²) in [5, 5.41) is 0. The maximum atomic E-state index is 10.9. The number of fused-ring (bicyclic) bond motifs is 1. The summed E-state index contributed by atoms with van der Waals surface area (Å²) in [6.07, 6.45) is 0.288. The van der Waals surface area contributed by atoms with Gasteiger partial charge in [-0.05, 0) is 31.3 Å². The van der Waals surface area contributed by atoms with Crippen LogP contribution in [0.25, 0.3) is 11.0 Å². The number of amides is 1. The Bertz CT molecular complexity index is 584. The number of nitrogens with zero attached hydrogens (tertiary/aromatic N) is 1. The summed E-state index contributed by atoms with van der Waals surface area (Å²) >= 11 is 5.24. The van der Waals surface area contributed by atoms with Crippen LogP contribution in [-0.4, -0.2) is 15.5 Å². The molecule has 0 aliphatic rings. The first-order valence-corrected chi connectivity index (χ1v) is 5.48. The fourth-order valence-corrected chi connectivity index (χ4v) is 2.28. The molecule has 1 aromatic heterocycles. The predicted octanol–water partition coefficient (Wildman–Crippen LogP) is 2.14. The minimum absolute atomic E-state index is 0.0267. The van der Waals surface area contributed by atoms with Crippen LogP contribution in [0.2, 0.25) is 0 Å². The first-order chi connectivity index (χ1) is 7.59. The van der Waals surface area contributed by atoms with E-state index in [9.17, 15) is 4.79 Å². The lowest BCUT2D eigenvalue weighted by molar-refractivity contribution is -0.118. The number of aromatic nitrogens is 2. The number of carbonyl (C=O) groups is 1. The highest BCUT2D eigenvalue weighted by Gasteiger charge is 2.12. The number of para-hydroxylation sites is 2. The first-order valence-electron chi connectivity index (χ1n) is 5.07. The van der Waals surface area contributed by atoms with Gasteiger partial charge < -0.3 is 15.3 Å². The van der Waals surface area contributed by atoms with E-state index < -0.39 is 0 Å². The van der Waals surface area contributed by atoms with Crippen molar-refractivity contribution in [2.24, 2.45) is 5.73 Å². The number of aromatic amines is 1. The Hall–Kier alpha value is -1.62. The van der Waals surface area contributed by atoms with Crippen molar-refractivity contribution in [3.63, 3.8) is 0 Å². The van der Waals surface area contributed by atoms with Gasteiger partial charge in [-0.3, -0.25) is 4.79 Å². The number of hydrogen-bond donors (Lipinski definition) is 2. The Morgan fingerprint density at radius 3 is 2.94 bits per heavy atom. The van der Waals surface area contributed by atoms with Crippen molar-refractivity contribution in [1.29, 1.82) is 0 Å². The van der Waals surface area contributed by atoms with Crippen LogP contribution in [0.5, 0.6) is 0 Å². The molecule has 0 saturated carbocycles. The Labute approximate surface area is 98.1 Å². The second-order valence-corrected chi connectivity index (χ2v) is 4.22. The Morgan fingerprint density at radius 1 is 1.56 bits per heavy atom. The molecule has 1 amide bonds. The molecule has 84 valence electrons. The van der Waals surface area contributed by atoms with Crippen LogP contribution in [-0.2, 0) is 4.79 Å².